The van der Waals surface area contributed by atoms with E-state index in [0.717, 1.165) is 51.4 Å². The topological polar surface area (TPSA) is 130 Å². The van der Waals surface area contributed by atoms with Crippen molar-refractivity contribution in [2.45, 2.75) is 70.3 Å². The third-order valence-corrected chi connectivity index (χ3v) is 6.42. The lowest BCUT2D eigenvalue weighted by molar-refractivity contribution is -0.153. The van der Waals surface area contributed by atoms with Crippen LogP contribution < -0.4 is 0 Å². The van der Waals surface area contributed by atoms with Crippen molar-refractivity contribution in [1.82, 2.24) is 0 Å². The lowest BCUT2D eigenvalue weighted by Gasteiger charge is -2.15. The molecule has 3 N–H and O–H groups in total. The minimum absolute atomic E-state index is 0.0444. The van der Waals surface area contributed by atoms with Gasteiger partial charge in [-0.2, -0.15) is 0 Å². The van der Waals surface area contributed by atoms with Crippen LogP contribution in [0, 0.1) is 0 Å². The van der Waals surface area contributed by atoms with Gasteiger partial charge in [-0.05, 0) is 44.1 Å². The van der Waals surface area contributed by atoms with E-state index in [9.17, 15) is 14.2 Å². The Labute approximate surface area is 224 Å². The lowest BCUT2D eigenvalue weighted by atomic mass is 10.0. The van der Waals surface area contributed by atoms with Gasteiger partial charge in [-0.1, -0.05) is 86.0 Å². The third-order valence-electron chi connectivity index (χ3n) is 5.94. The average molecular weight is 548 g/mol. The molecule has 0 aliphatic carbocycles. The molecule has 0 saturated heterocycles. The molecule has 2 aromatic carbocycles. The Kier molecular flexibility index (Phi) is 14.8. The number of benzene rings is 2. The number of carbonyl (C=O) groups is 2. The van der Waals surface area contributed by atoms with Crippen molar-refractivity contribution in [3.05, 3.63) is 83.4 Å². The molecule has 0 saturated carbocycles. The number of allylic oxidation sites excluding steroid dienone is 2. The third kappa shape index (κ3) is 13.8. The summed E-state index contributed by atoms with van der Waals surface area (Å²) >= 11 is 0. The molecule has 1 unspecified atom stereocenters. The molecular weight excluding hydrogens is 508 g/mol. The molecule has 38 heavy (non-hydrogen) atoms. The predicted octanol–water partition coefficient (Wildman–Crippen LogP) is 5.54. The van der Waals surface area contributed by atoms with Crippen LogP contribution in [0.15, 0.2) is 66.7 Å². The van der Waals surface area contributed by atoms with Crippen molar-refractivity contribution >= 4 is 19.6 Å². The van der Waals surface area contributed by atoms with Crippen LogP contribution in [0.25, 0.3) is 0 Å². The number of esters is 1. The first-order valence-electron chi connectivity index (χ1n) is 13.1. The fourth-order valence-corrected chi connectivity index (χ4v) is 4.21. The summed E-state index contributed by atoms with van der Waals surface area (Å²) in [5.74, 6) is -0.471. The maximum atomic E-state index is 12.5. The van der Waals surface area contributed by atoms with E-state index in [0.29, 0.717) is 17.5 Å². The average Bonchev–Trinajstić information content (AvgIpc) is 2.91. The Hall–Kier alpha value is -2.61. The number of phosphoric ester groups is 1. The zero-order valence-corrected chi connectivity index (χ0v) is 22.6. The number of hydrogen-bond acceptors (Lipinski definition) is 6. The van der Waals surface area contributed by atoms with Gasteiger partial charge in [0.2, 0.25) is 0 Å². The zero-order valence-electron chi connectivity index (χ0n) is 21.7. The van der Waals surface area contributed by atoms with E-state index in [2.05, 4.69) is 16.7 Å². The maximum absolute atomic E-state index is 12.5. The number of hydrogen-bond donors (Lipinski definition) is 3. The predicted molar refractivity (Wildman–Crippen MR) is 146 cm³/mol. The lowest BCUT2D eigenvalue weighted by Crippen LogP contribution is -2.26. The van der Waals surface area contributed by atoms with Crippen LogP contribution in [0.3, 0.4) is 0 Å². The summed E-state index contributed by atoms with van der Waals surface area (Å²) in [5.41, 5.74) is 2.64. The number of ketones is 1. The van der Waals surface area contributed by atoms with Gasteiger partial charge in [0.05, 0.1) is 13.2 Å². The van der Waals surface area contributed by atoms with Crippen molar-refractivity contribution < 1.29 is 38.3 Å². The number of phosphoric acid groups is 1. The second-order valence-corrected chi connectivity index (χ2v) is 10.4. The SMILES string of the molecule is O=C(CCCCCCC/C=C\CCCc1ccc(C(=O)c2ccccc2)cc1)OC(CO)CO[32P](=O)(O)O. The van der Waals surface area contributed by atoms with Gasteiger partial charge in [0, 0.05) is 17.5 Å². The van der Waals surface area contributed by atoms with Crippen molar-refractivity contribution in [1.29, 1.82) is 0 Å². The molecule has 1 atom stereocenters. The number of unbranched alkanes of at least 4 members (excludes halogenated alkanes) is 6. The first-order chi connectivity index (χ1) is 18.3. The summed E-state index contributed by atoms with van der Waals surface area (Å²) in [5, 5.41) is 9.12. The standard InChI is InChI=1S/C29H39O8P/c30-22-27(23-36-38(33,34)35)37-28(31)17-13-8-6-4-2-1-3-5-7-10-14-24-18-20-26(21-19-24)29(32)25-15-11-9-12-16-25/h3,5,9,11-12,15-16,18-21,27,30H,1-2,4,6-8,10,13-14,17,22-23H2,(H2,33,34,35)/b5-3-/i38+1. The highest BCUT2D eigenvalue weighted by Gasteiger charge is 2.20. The Balaban J connectivity index is 1.47. The first kappa shape index (κ1) is 31.6. The summed E-state index contributed by atoms with van der Waals surface area (Å²) in [6, 6.07) is 17.2. The summed E-state index contributed by atoms with van der Waals surface area (Å²) in [4.78, 5) is 41.6. The van der Waals surface area contributed by atoms with Crippen molar-refractivity contribution in [3.63, 3.8) is 0 Å². The van der Waals surface area contributed by atoms with Crippen molar-refractivity contribution in [3.8, 4) is 0 Å². The fraction of sp³-hybridized carbons (Fsp3) is 0.448. The van der Waals surface area contributed by atoms with Gasteiger partial charge < -0.3 is 19.6 Å². The first-order valence-corrected chi connectivity index (χ1v) is 14.7. The normalized spacial score (nSPS) is 12.5. The van der Waals surface area contributed by atoms with Crippen molar-refractivity contribution in [2.24, 2.45) is 0 Å². The van der Waals surface area contributed by atoms with Gasteiger partial charge in [0.25, 0.3) is 0 Å². The summed E-state index contributed by atoms with van der Waals surface area (Å²) in [6.45, 7) is -1.12. The summed E-state index contributed by atoms with van der Waals surface area (Å²) < 4.78 is 19.9. The Bertz CT molecular complexity index is 1030. The molecule has 208 valence electrons. The summed E-state index contributed by atoms with van der Waals surface area (Å²) in [6.07, 6.45) is 12.3. The number of rotatable bonds is 19. The molecule has 0 bridgehead atoms. The van der Waals surface area contributed by atoms with Crippen LogP contribution in [0.4, 0.5) is 0 Å². The Morgan fingerprint density at radius 3 is 2.08 bits per heavy atom. The monoisotopic (exact) mass is 547 g/mol. The maximum Gasteiger partial charge on any atom is 0.469 e. The molecule has 0 radical (unpaired) electrons. The molecule has 0 fully saturated rings. The minimum atomic E-state index is -4.67. The van der Waals surface area contributed by atoms with Crippen LogP contribution in [-0.4, -0.2) is 46.0 Å². The highest BCUT2D eigenvalue weighted by Crippen LogP contribution is 2.35. The second-order valence-electron chi connectivity index (χ2n) is 9.14. The van der Waals surface area contributed by atoms with Crippen LogP contribution >= 0.6 is 7.82 Å². The molecular formula is C29H39O8P. The molecule has 0 aliphatic heterocycles. The summed E-state index contributed by atoms with van der Waals surface area (Å²) in [7, 11) is -4.67. The molecule has 2 aromatic rings. The van der Waals surface area contributed by atoms with Gasteiger partial charge in [-0.15, -0.1) is 0 Å². The number of aryl methyl sites for hydroxylation is 1. The van der Waals surface area contributed by atoms with Crippen LogP contribution in [0.2, 0.25) is 0 Å². The number of ether oxygens (including phenoxy) is 1. The highest BCUT2D eigenvalue weighted by molar-refractivity contribution is 7.46. The van der Waals surface area contributed by atoms with Gasteiger partial charge in [0.15, 0.2) is 5.78 Å². The van der Waals surface area contributed by atoms with E-state index in [-0.39, 0.29) is 12.2 Å². The second kappa shape index (κ2) is 17.8. The van der Waals surface area contributed by atoms with E-state index in [4.69, 9.17) is 19.6 Å². The quantitative estimate of drug-likeness (QED) is 0.0687. The minimum Gasteiger partial charge on any atom is -0.457 e. The van der Waals surface area contributed by atoms with Crippen LogP contribution in [0.5, 0.6) is 0 Å². The number of aliphatic hydroxyl groups excluding tert-OH is 1. The highest BCUT2D eigenvalue weighted by atomic mass is 32.2. The molecule has 0 aliphatic rings. The molecule has 9 heteroatoms. The van der Waals surface area contributed by atoms with E-state index >= 15 is 0 Å². The van der Waals surface area contributed by atoms with E-state index < -0.39 is 33.1 Å². The molecule has 8 nitrogen and oxygen atoms in total. The van der Waals surface area contributed by atoms with Gasteiger partial charge >= 0.3 is 13.8 Å². The largest absolute Gasteiger partial charge is 0.469 e. The number of aliphatic hydroxyl groups is 1. The van der Waals surface area contributed by atoms with Gasteiger partial charge in [-0.3, -0.25) is 14.1 Å². The van der Waals surface area contributed by atoms with E-state index in [1.807, 2.05) is 54.6 Å². The Morgan fingerprint density at radius 1 is 0.816 bits per heavy atom. The molecule has 0 heterocycles. The van der Waals surface area contributed by atoms with Gasteiger partial charge in [-0.25, -0.2) is 4.57 Å². The van der Waals surface area contributed by atoms with E-state index in [1.54, 1.807) is 0 Å². The molecule has 0 amide bonds. The van der Waals surface area contributed by atoms with Crippen LogP contribution in [0.1, 0.15) is 79.3 Å². The number of carbonyl (C=O) groups excluding carboxylic acids is 2. The molecule has 0 aromatic heterocycles. The van der Waals surface area contributed by atoms with E-state index in [1.165, 1.54) is 5.56 Å². The smallest absolute Gasteiger partial charge is 0.457 e. The van der Waals surface area contributed by atoms with Gasteiger partial charge in [0.1, 0.15) is 6.10 Å². The Morgan fingerprint density at radius 2 is 1.42 bits per heavy atom. The molecule has 2 rings (SSSR count). The fourth-order valence-electron chi connectivity index (χ4n) is 3.85. The molecule has 0 spiro atoms. The van der Waals surface area contributed by atoms with Crippen molar-refractivity contribution in [2.75, 3.05) is 13.2 Å². The zero-order chi connectivity index (χ0) is 27.6. The van der Waals surface area contributed by atoms with Crippen LogP contribution in [-0.2, 0) is 25.0 Å².